The molecular weight excluding hydrogens is 267 g/mol. The van der Waals surface area contributed by atoms with Gasteiger partial charge in [-0.2, -0.15) is 4.98 Å². The molecular formula is C10H10ClFN2O4. The van der Waals surface area contributed by atoms with Crippen LogP contribution in [-0.2, 0) is 9.47 Å². The second-order valence-corrected chi connectivity index (χ2v) is 3.94. The zero-order valence-corrected chi connectivity index (χ0v) is 10.2. The summed E-state index contributed by atoms with van der Waals surface area (Å²) in [4.78, 5) is 18.7. The summed E-state index contributed by atoms with van der Waals surface area (Å²) in [5.74, 6) is -0.982. The number of halogens is 2. The average molecular weight is 277 g/mol. The quantitative estimate of drug-likeness (QED) is 0.607. The molecule has 0 spiro atoms. The zero-order chi connectivity index (χ0) is 13.1. The molecule has 1 aromatic rings. The van der Waals surface area contributed by atoms with Crippen molar-refractivity contribution in [2.75, 3.05) is 20.3 Å². The summed E-state index contributed by atoms with van der Waals surface area (Å²) in [6.07, 6.45) is -2.00. The van der Waals surface area contributed by atoms with Crippen LogP contribution in [0.2, 0.25) is 5.15 Å². The van der Waals surface area contributed by atoms with Crippen molar-refractivity contribution in [1.82, 2.24) is 9.97 Å². The van der Waals surface area contributed by atoms with Crippen molar-refractivity contribution >= 4 is 17.6 Å². The number of methoxy groups -OCH3 is 1. The van der Waals surface area contributed by atoms with E-state index in [9.17, 15) is 9.18 Å². The first-order valence-electron chi connectivity index (χ1n) is 5.11. The molecule has 1 aromatic heterocycles. The summed E-state index contributed by atoms with van der Waals surface area (Å²) in [6, 6.07) is 1.29. The van der Waals surface area contributed by atoms with E-state index in [1.165, 1.54) is 13.2 Å². The van der Waals surface area contributed by atoms with Crippen LogP contribution in [0, 0.1) is 0 Å². The first kappa shape index (κ1) is 13.0. The molecule has 1 aliphatic rings. The molecule has 6 nitrogen and oxygen atoms in total. The highest BCUT2D eigenvalue weighted by atomic mass is 35.5. The van der Waals surface area contributed by atoms with Crippen molar-refractivity contribution in [1.29, 1.82) is 0 Å². The molecule has 2 rings (SSSR count). The second-order valence-electron chi connectivity index (χ2n) is 3.55. The topological polar surface area (TPSA) is 70.5 Å². The standard InChI is InChI=1S/C10H10ClFN2O4/c1-16-10(15)9-13-7(11)2-8(14-9)18-6-4-17-3-5(6)12/h2,5-6H,3-4H2,1H3/t5-,6-/m1/s1. The Kier molecular flexibility index (Phi) is 3.93. The highest BCUT2D eigenvalue weighted by Gasteiger charge is 2.30. The number of rotatable bonds is 3. The lowest BCUT2D eigenvalue weighted by molar-refractivity contribution is 0.0583. The number of hydrogen-bond donors (Lipinski definition) is 0. The molecule has 8 heteroatoms. The van der Waals surface area contributed by atoms with E-state index in [0.29, 0.717) is 0 Å². The Labute approximate surface area is 107 Å². The van der Waals surface area contributed by atoms with Crippen molar-refractivity contribution in [3.05, 3.63) is 17.0 Å². The Morgan fingerprint density at radius 1 is 1.56 bits per heavy atom. The molecule has 0 bridgehead atoms. The fourth-order valence-electron chi connectivity index (χ4n) is 1.41. The lowest BCUT2D eigenvalue weighted by Gasteiger charge is -2.13. The summed E-state index contributed by atoms with van der Waals surface area (Å²) >= 11 is 5.71. The predicted molar refractivity (Wildman–Crippen MR) is 58.5 cm³/mol. The fourth-order valence-corrected chi connectivity index (χ4v) is 1.58. The van der Waals surface area contributed by atoms with Crippen LogP contribution in [0.5, 0.6) is 5.88 Å². The molecule has 2 heterocycles. The van der Waals surface area contributed by atoms with Crippen LogP contribution in [0.4, 0.5) is 4.39 Å². The Morgan fingerprint density at radius 2 is 2.33 bits per heavy atom. The number of aromatic nitrogens is 2. The van der Waals surface area contributed by atoms with Crippen LogP contribution in [0.25, 0.3) is 0 Å². The normalized spacial score (nSPS) is 22.8. The van der Waals surface area contributed by atoms with E-state index in [4.69, 9.17) is 21.1 Å². The van der Waals surface area contributed by atoms with Crippen molar-refractivity contribution in [3.8, 4) is 5.88 Å². The van der Waals surface area contributed by atoms with Gasteiger partial charge >= 0.3 is 5.97 Å². The van der Waals surface area contributed by atoms with Gasteiger partial charge in [0.2, 0.25) is 11.7 Å². The Hall–Kier alpha value is -1.47. The van der Waals surface area contributed by atoms with Gasteiger partial charge in [0.05, 0.1) is 20.3 Å². The van der Waals surface area contributed by atoms with Gasteiger partial charge in [0.25, 0.3) is 0 Å². The minimum Gasteiger partial charge on any atom is -0.469 e. The summed E-state index contributed by atoms with van der Waals surface area (Å²) < 4.78 is 27.9. The number of carbonyl (C=O) groups excluding carboxylic acids is 1. The monoisotopic (exact) mass is 276 g/mol. The fraction of sp³-hybridized carbons (Fsp3) is 0.500. The Bertz CT molecular complexity index is 460. The number of ether oxygens (including phenoxy) is 3. The smallest absolute Gasteiger partial charge is 0.376 e. The summed E-state index contributed by atoms with van der Waals surface area (Å²) in [7, 11) is 1.19. The molecule has 18 heavy (non-hydrogen) atoms. The van der Waals surface area contributed by atoms with Crippen molar-refractivity contribution in [2.45, 2.75) is 12.3 Å². The highest BCUT2D eigenvalue weighted by molar-refractivity contribution is 6.29. The molecule has 0 N–H and O–H groups in total. The van der Waals surface area contributed by atoms with Crippen LogP contribution in [0.1, 0.15) is 10.6 Å². The molecule has 98 valence electrons. The highest BCUT2D eigenvalue weighted by Crippen LogP contribution is 2.20. The van der Waals surface area contributed by atoms with Gasteiger partial charge in [-0.15, -0.1) is 0 Å². The predicted octanol–water partition coefficient (Wildman–Crippen LogP) is 1.03. The minimum atomic E-state index is -1.24. The number of alkyl halides is 1. The van der Waals surface area contributed by atoms with Crippen molar-refractivity contribution in [3.63, 3.8) is 0 Å². The number of nitrogens with zero attached hydrogens (tertiary/aromatic N) is 2. The van der Waals surface area contributed by atoms with E-state index in [2.05, 4.69) is 14.7 Å². The third-order valence-corrected chi connectivity index (χ3v) is 2.47. The van der Waals surface area contributed by atoms with Crippen LogP contribution in [0.15, 0.2) is 6.07 Å². The molecule has 1 fully saturated rings. The summed E-state index contributed by atoms with van der Waals surface area (Å²) in [6.45, 7) is 0.101. The molecule has 0 aliphatic carbocycles. The third kappa shape index (κ3) is 2.85. The van der Waals surface area contributed by atoms with E-state index in [0.717, 1.165) is 0 Å². The second kappa shape index (κ2) is 5.45. The maximum absolute atomic E-state index is 13.3. The first-order valence-corrected chi connectivity index (χ1v) is 5.49. The van der Waals surface area contributed by atoms with E-state index in [-0.39, 0.29) is 30.1 Å². The maximum Gasteiger partial charge on any atom is 0.376 e. The van der Waals surface area contributed by atoms with Gasteiger partial charge in [-0.05, 0) is 0 Å². The maximum atomic E-state index is 13.3. The Morgan fingerprint density at radius 3 is 2.94 bits per heavy atom. The van der Waals surface area contributed by atoms with Gasteiger partial charge in [0.15, 0.2) is 12.3 Å². The minimum absolute atomic E-state index is 0.00792. The van der Waals surface area contributed by atoms with Crippen molar-refractivity contribution in [2.24, 2.45) is 0 Å². The molecule has 1 saturated heterocycles. The van der Waals surface area contributed by atoms with E-state index in [1.807, 2.05) is 0 Å². The largest absolute Gasteiger partial charge is 0.469 e. The lowest BCUT2D eigenvalue weighted by Crippen LogP contribution is -2.27. The molecule has 0 saturated carbocycles. The summed E-state index contributed by atoms with van der Waals surface area (Å²) in [5.41, 5.74) is 0. The van der Waals surface area contributed by atoms with Gasteiger partial charge in [-0.3, -0.25) is 0 Å². The van der Waals surface area contributed by atoms with Crippen molar-refractivity contribution < 1.29 is 23.4 Å². The number of carbonyl (C=O) groups is 1. The molecule has 0 unspecified atom stereocenters. The van der Waals surface area contributed by atoms with E-state index < -0.39 is 18.2 Å². The number of hydrogen-bond acceptors (Lipinski definition) is 6. The first-order chi connectivity index (χ1) is 8.60. The van der Waals surface area contributed by atoms with Gasteiger partial charge in [-0.1, -0.05) is 11.6 Å². The van der Waals surface area contributed by atoms with Crippen LogP contribution in [-0.4, -0.2) is 48.5 Å². The SMILES string of the molecule is COC(=O)c1nc(Cl)cc(O[C@@H]2COC[C@H]2F)n1. The molecule has 0 amide bonds. The molecule has 1 aliphatic heterocycles. The van der Waals surface area contributed by atoms with E-state index >= 15 is 0 Å². The molecule has 2 atom stereocenters. The van der Waals surface area contributed by atoms with Gasteiger partial charge < -0.3 is 14.2 Å². The molecule has 0 radical (unpaired) electrons. The summed E-state index contributed by atoms with van der Waals surface area (Å²) in [5, 5.41) is 0.00900. The molecule has 0 aromatic carbocycles. The third-order valence-electron chi connectivity index (χ3n) is 2.27. The van der Waals surface area contributed by atoms with Gasteiger partial charge in [0.1, 0.15) is 5.15 Å². The number of esters is 1. The average Bonchev–Trinajstić information content (AvgIpc) is 2.73. The van der Waals surface area contributed by atoms with Gasteiger partial charge in [0, 0.05) is 6.07 Å². The van der Waals surface area contributed by atoms with Gasteiger partial charge in [-0.25, -0.2) is 14.2 Å². The van der Waals surface area contributed by atoms with E-state index in [1.54, 1.807) is 0 Å². The van der Waals surface area contributed by atoms with Crippen LogP contribution < -0.4 is 4.74 Å². The van der Waals surface area contributed by atoms with Crippen LogP contribution in [0.3, 0.4) is 0 Å². The Balaban J connectivity index is 2.17. The van der Waals surface area contributed by atoms with Crippen LogP contribution >= 0.6 is 11.6 Å². The lowest BCUT2D eigenvalue weighted by atomic mass is 10.3. The zero-order valence-electron chi connectivity index (χ0n) is 9.43.